The van der Waals surface area contributed by atoms with Crippen LogP contribution in [0, 0.1) is 0 Å². The van der Waals surface area contributed by atoms with E-state index < -0.39 is 0 Å². The van der Waals surface area contributed by atoms with Crippen LogP contribution in [0.3, 0.4) is 0 Å². The SMILES string of the molecule is CCCCCCCCCCCCc1ccccc1CC(=O)Cl. The lowest BCUT2D eigenvalue weighted by atomic mass is 9.99. The summed E-state index contributed by atoms with van der Waals surface area (Å²) in [6, 6.07) is 8.18. The van der Waals surface area contributed by atoms with Gasteiger partial charge in [-0.25, -0.2) is 0 Å². The Hall–Kier alpha value is -0.820. The predicted molar refractivity (Wildman–Crippen MR) is 96.6 cm³/mol. The van der Waals surface area contributed by atoms with Gasteiger partial charge in [-0.05, 0) is 35.6 Å². The molecule has 1 aromatic carbocycles. The topological polar surface area (TPSA) is 17.1 Å². The van der Waals surface area contributed by atoms with E-state index in [9.17, 15) is 4.79 Å². The van der Waals surface area contributed by atoms with Gasteiger partial charge in [-0.1, -0.05) is 89.0 Å². The van der Waals surface area contributed by atoms with Crippen molar-refractivity contribution in [2.75, 3.05) is 0 Å². The molecule has 0 fully saturated rings. The van der Waals surface area contributed by atoms with Crippen LogP contribution in [-0.4, -0.2) is 5.24 Å². The monoisotopic (exact) mass is 322 g/mol. The Morgan fingerprint density at radius 1 is 0.818 bits per heavy atom. The van der Waals surface area contributed by atoms with E-state index in [1.54, 1.807) is 0 Å². The number of carbonyl (C=O) groups excluding carboxylic acids is 1. The van der Waals surface area contributed by atoms with E-state index >= 15 is 0 Å². The summed E-state index contributed by atoms with van der Waals surface area (Å²) in [7, 11) is 0. The lowest BCUT2D eigenvalue weighted by molar-refractivity contribution is -0.111. The van der Waals surface area contributed by atoms with Crippen molar-refractivity contribution in [3.8, 4) is 0 Å². The molecule has 0 heterocycles. The maximum Gasteiger partial charge on any atom is 0.226 e. The summed E-state index contributed by atoms with van der Waals surface area (Å²) in [5.41, 5.74) is 2.38. The zero-order valence-corrected chi connectivity index (χ0v) is 14.8. The first-order chi connectivity index (χ1) is 10.7. The summed E-state index contributed by atoms with van der Waals surface area (Å²) in [5, 5.41) is -0.268. The average molecular weight is 323 g/mol. The number of benzene rings is 1. The van der Waals surface area contributed by atoms with Crippen molar-refractivity contribution >= 4 is 16.8 Å². The molecular weight excluding hydrogens is 292 g/mol. The summed E-state index contributed by atoms with van der Waals surface area (Å²) in [4.78, 5) is 11.1. The number of unbranched alkanes of at least 4 members (excludes halogenated alkanes) is 9. The zero-order chi connectivity index (χ0) is 16.0. The van der Waals surface area contributed by atoms with Gasteiger partial charge in [0.2, 0.25) is 5.24 Å². The van der Waals surface area contributed by atoms with Crippen LogP contribution in [0.4, 0.5) is 0 Å². The lowest BCUT2D eigenvalue weighted by Crippen LogP contribution is -1.99. The fraction of sp³-hybridized carbons (Fsp3) is 0.650. The van der Waals surface area contributed by atoms with Crippen LogP contribution in [0.2, 0.25) is 0 Å². The number of hydrogen-bond acceptors (Lipinski definition) is 1. The van der Waals surface area contributed by atoms with Gasteiger partial charge in [-0.15, -0.1) is 0 Å². The normalized spacial score (nSPS) is 10.8. The van der Waals surface area contributed by atoms with Gasteiger partial charge in [0.05, 0.1) is 0 Å². The molecular formula is C20H31ClO. The van der Waals surface area contributed by atoms with Gasteiger partial charge >= 0.3 is 0 Å². The molecule has 22 heavy (non-hydrogen) atoms. The summed E-state index contributed by atoms with van der Waals surface area (Å²) in [5.74, 6) is 0. The molecule has 1 nitrogen and oxygen atoms in total. The Morgan fingerprint density at radius 3 is 1.86 bits per heavy atom. The molecule has 0 saturated carbocycles. The molecule has 1 rings (SSSR count). The standard InChI is InChI=1S/C20H31ClO/c1-2-3-4-5-6-7-8-9-10-11-14-18-15-12-13-16-19(18)17-20(21)22/h12-13,15-16H,2-11,14,17H2,1H3. The van der Waals surface area contributed by atoms with E-state index in [0.717, 1.165) is 12.0 Å². The first kappa shape index (κ1) is 19.2. The van der Waals surface area contributed by atoms with Gasteiger partial charge in [0, 0.05) is 6.42 Å². The van der Waals surface area contributed by atoms with Crippen molar-refractivity contribution in [1.82, 2.24) is 0 Å². The molecule has 2 heteroatoms. The Balaban J connectivity index is 2.08. The molecule has 0 aliphatic carbocycles. The minimum atomic E-state index is -0.268. The fourth-order valence-electron chi connectivity index (χ4n) is 2.93. The third-order valence-corrected chi connectivity index (χ3v) is 4.38. The molecule has 0 aromatic heterocycles. The minimum absolute atomic E-state index is 0.268. The second kappa shape index (κ2) is 12.7. The molecule has 0 radical (unpaired) electrons. The van der Waals surface area contributed by atoms with Gasteiger partial charge in [-0.2, -0.15) is 0 Å². The van der Waals surface area contributed by atoms with Crippen molar-refractivity contribution < 1.29 is 4.79 Å². The van der Waals surface area contributed by atoms with Gasteiger partial charge in [-0.3, -0.25) is 4.79 Å². The van der Waals surface area contributed by atoms with Crippen molar-refractivity contribution in [2.45, 2.75) is 84.0 Å². The quantitative estimate of drug-likeness (QED) is 0.301. The molecule has 0 N–H and O–H groups in total. The Kier molecular flexibility index (Phi) is 11.1. The van der Waals surface area contributed by atoms with Crippen molar-refractivity contribution in [1.29, 1.82) is 0 Å². The number of rotatable bonds is 13. The van der Waals surface area contributed by atoms with E-state index in [4.69, 9.17) is 11.6 Å². The smallest absolute Gasteiger partial charge is 0.226 e. The second-order valence-electron chi connectivity index (χ2n) is 6.23. The van der Waals surface area contributed by atoms with E-state index in [1.807, 2.05) is 18.2 Å². The average Bonchev–Trinajstić information content (AvgIpc) is 2.50. The maximum absolute atomic E-state index is 11.1. The minimum Gasteiger partial charge on any atom is -0.281 e. The zero-order valence-electron chi connectivity index (χ0n) is 14.1. The maximum atomic E-state index is 11.1. The highest BCUT2D eigenvalue weighted by Crippen LogP contribution is 2.16. The van der Waals surface area contributed by atoms with E-state index in [1.165, 1.54) is 69.8 Å². The van der Waals surface area contributed by atoms with Gasteiger partial charge in [0.15, 0.2) is 0 Å². The molecule has 0 aliphatic rings. The van der Waals surface area contributed by atoms with Crippen LogP contribution in [0.1, 0.15) is 82.3 Å². The molecule has 124 valence electrons. The van der Waals surface area contributed by atoms with Gasteiger partial charge in [0.25, 0.3) is 0 Å². The summed E-state index contributed by atoms with van der Waals surface area (Å²) in [6.45, 7) is 2.27. The van der Waals surface area contributed by atoms with Crippen molar-refractivity contribution in [3.63, 3.8) is 0 Å². The second-order valence-corrected chi connectivity index (χ2v) is 6.65. The highest BCUT2D eigenvalue weighted by molar-refractivity contribution is 6.63. The van der Waals surface area contributed by atoms with Crippen LogP contribution >= 0.6 is 11.6 Å². The molecule has 0 unspecified atom stereocenters. The molecule has 1 aromatic rings. The highest BCUT2D eigenvalue weighted by Gasteiger charge is 2.05. The largest absolute Gasteiger partial charge is 0.281 e. The summed E-state index contributed by atoms with van der Waals surface area (Å²) >= 11 is 5.51. The van der Waals surface area contributed by atoms with E-state index in [0.29, 0.717) is 6.42 Å². The Labute approximate surface area is 141 Å². The summed E-state index contributed by atoms with van der Waals surface area (Å²) < 4.78 is 0. The third-order valence-electron chi connectivity index (χ3n) is 4.25. The molecule has 0 bridgehead atoms. The van der Waals surface area contributed by atoms with Crippen molar-refractivity contribution in [2.24, 2.45) is 0 Å². The van der Waals surface area contributed by atoms with Crippen LogP contribution in [0.15, 0.2) is 24.3 Å². The lowest BCUT2D eigenvalue weighted by Gasteiger charge is -2.07. The number of aryl methyl sites for hydroxylation is 1. The first-order valence-electron chi connectivity index (χ1n) is 8.99. The Morgan fingerprint density at radius 2 is 1.32 bits per heavy atom. The van der Waals surface area contributed by atoms with Crippen LogP contribution in [-0.2, 0) is 17.6 Å². The molecule has 0 spiro atoms. The fourth-order valence-corrected chi connectivity index (χ4v) is 3.07. The number of halogens is 1. The van der Waals surface area contributed by atoms with Crippen molar-refractivity contribution in [3.05, 3.63) is 35.4 Å². The van der Waals surface area contributed by atoms with E-state index in [-0.39, 0.29) is 5.24 Å². The molecule has 0 saturated heterocycles. The first-order valence-corrected chi connectivity index (χ1v) is 9.37. The molecule has 0 amide bonds. The Bertz CT molecular complexity index is 414. The number of hydrogen-bond donors (Lipinski definition) is 0. The van der Waals surface area contributed by atoms with Crippen LogP contribution < -0.4 is 0 Å². The predicted octanol–water partition coefficient (Wildman–Crippen LogP) is 6.46. The highest BCUT2D eigenvalue weighted by atomic mass is 35.5. The van der Waals surface area contributed by atoms with Gasteiger partial charge < -0.3 is 0 Å². The van der Waals surface area contributed by atoms with Crippen LogP contribution in [0.25, 0.3) is 0 Å². The van der Waals surface area contributed by atoms with Gasteiger partial charge in [0.1, 0.15) is 0 Å². The summed E-state index contributed by atoms with van der Waals surface area (Å²) in [6.07, 6.45) is 15.0. The van der Waals surface area contributed by atoms with E-state index in [2.05, 4.69) is 13.0 Å². The third kappa shape index (κ3) is 9.25. The molecule has 0 aliphatic heterocycles. The number of carbonyl (C=O) groups is 1. The van der Waals surface area contributed by atoms with Crippen LogP contribution in [0.5, 0.6) is 0 Å². The molecule has 0 atom stereocenters.